The summed E-state index contributed by atoms with van der Waals surface area (Å²) in [7, 11) is 0. The first-order valence-corrected chi connectivity index (χ1v) is 13.9. The van der Waals surface area contributed by atoms with Gasteiger partial charge in [0.05, 0.1) is 18.9 Å². The molecule has 11 nitrogen and oxygen atoms in total. The molecule has 40 heavy (non-hydrogen) atoms. The van der Waals surface area contributed by atoms with E-state index in [1.165, 1.54) is 0 Å². The highest BCUT2D eigenvalue weighted by Gasteiger charge is 2.68. The Kier molecular flexibility index (Phi) is 7.11. The van der Waals surface area contributed by atoms with Crippen molar-refractivity contribution in [2.75, 3.05) is 6.61 Å². The smallest absolute Gasteiger partial charge is 0.333 e. The number of aliphatic hydroxyl groups is 2. The predicted molar refractivity (Wildman–Crippen MR) is 135 cm³/mol. The number of imide groups is 1. The number of ether oxygens (including phenoxy) is 1. The van der Waals surface area contributed by atoms with Crippen LogP contribution in [0.25, 0.3) is 0 Å². The number of nitrogens with zero attached hydrogens (tertiary/aromatic N) is 1. The fraction of sp³-hybridized carbons (Fsp3) is 0.655. The first-order valence-electron chi connectivity index (χ1n) is 13.9. The maximum atomic E-state index is 13.3. The Morgan fingerprint density at radius 1 is 1.02 bits per heavy atom. The van der Waals surface area contributed by atoms with Gasteiger partial charge < -0.3 is 19.8 Å². The molecule has 4 fully saturated rings. The number of aliphatic hydroxyl groups excluding tert-OH is 1. The molecule has 216 valence electrons. The summed E-state index contributed by atoms with van der Waals surface area (Å²) in [6.45, 7) is 3.19. The van der Waals surface area contributed by atoms with E-state index in [-0.39, 0.29) is 49.2 Å². The third-order valence-electron chi connectivity index (χ3n) is 10.2. The molecule has 2 amide bonds. The minimum absolute atomic E-state index is 0.0403. The summed E-state index contributed by atoms with van der Waals surface area (Å²) >= 11 is 0. The second-order valence-electron chi connectivity index (χ2n) is 12.2. The van der Waals surface area contributed by atoms with Crippen LogP contribution < -0.4 is 0 Å². The molecule has 7 atom stereocenters. The number of amides is 2. The van der Waals surface area contributed by atoms with Gasteiger partial charge >= 0.3 is 11.9 Å². The molecule has 0 aromatic carbocycles. The topological polar surface area (TPSA) is 165 Å². The summed E-state index contributed by atoms with van der Waals surface area (Å²) in [5, 5.41) is 23.6. The second-order valence-corrected chi connectivity index (χ2v) is 12.2. The van der Waals surface area contributed by atoms with Crippen molar-refractivity contribution in [1.82, 2.24) is 5.06 Å². The van der Waals surface area contributed by atoms with Crippen molar-refractivity contribution in [3.8, 4) is 0 Å². The number of allylic oxidation sites excluding steroid dienone is 4. The van der Waals surface area contributed by atoms with E-state index in [2.05, 4.69) is 0 Å². The Balaban J connectivity index is 1.20. The first-order chi connectivity index (χ1) is 18.8. The van der Waals surface area contributed by atoms with Crippen molar-refractivity contribution in [2.24, 2.45) is 28.6 Å². The zero-order chi connectivity index (χ0) is 29.0. The molecule has 5 rings (SSSR count). The molecule has 3 saturated carbocycles. The van der Waals surface area contributed by atoms with Gasteiger partial charge in [-0.05, 0) is 56.1 Å². The normalized spacial score (nSPS) is 38.4. The van der Waals surface area contributed by atoms with Crippen molar-refractivity contribution < 1.29 is 48.6 Å². The fourth-order valence-electron chi connectivity index (χ4n) is 8.14. The van der Waals surface area contributed by atoms with E-state index in [1.54, 1.807) is 12.2 Å². The number of hydroxylamine groups is 2. The third-order valence-corrected chi connectivity index (χ3v) is 10.2. The molecule has 0 aromatic rings. The summed E-state index contributed by atoms with van der Waals surface area (Å²) in [4.78, 5) is 77.3. The van der Waals surface area contributed by atoms with Crippen LogP contribution in [0, 0.1) is 28.6 Å². The van der Waals surface area contributed by atoms with Crippen molar-refractivity contribution in [3.05, 3.63) is 23.8 Å². The largest absolute Gasteiger partial charge is 0.458 e. The number of ketones is 2. The molecular formula is C29H35NO10. The van der Waals surface area contributed by atoms with Gasteiger partial charge in [0.15, 0.2) is 12.4 Å². The van der Waals surface area contributed by atoms with Gasteiger partial charge in [0, 0.05) is 29.6 Å². The quantitative estimate of drug-likeness (QED) is 0.346. The average molecular weight is 558 g/mol. The van der Waals surface area contributed by atoms with Gasteiger partial charge in [-0.2, -0.15) is 0 Å². The van der Waals surface area contributed by atoms with E-state index >= 15 is 0 Å². The van der Waals surface area contributed by atoms with Crippen LogP contribution in [0.3, 0.4) is 0 Å². The van der Waals surface area contributed by atoms with Gasteiger partial charge in [0.25, 0.3) is 11.8 Å². The van der Waals surface area contributed by atoms with Crippen LogP contribution in [0.2, 0.25) is 0 Å². The molecule has 1 aliphatic heterocycles. The Morgan fingerprint density at radius 3 is 2.40 bits per heavy atom. The molecule has 11 heteroatoms. The lowest BCUT2D eigenvalue weighted by molar-refractivity contribution is -0.197. The highest BCUT2D eigenvalue weighted by atomic mass is 16.7. The molecule has 0 spiro atoms. The minimum atomic E-state index is -1.80. The number of esters is 1. The van der Waals surface area contributed by atoms with Crippen LogP contribution in [-0.4, -0.2) is 68.9 Å². The standard InChI is InChI=1S/C29H35NO10/c1-27-11-9-17(31)13-16(27)3-4-18-19-10-12-29(38,28(19,2)14-20(32)26(18)27)21(33)15-39-24(36)7-8-25(37)40-30-22(34)5-6-23(30)35/h9,11,13,18-20,26,32,38H,3-8,10,12,14-15H2,1-2H3/t18?,19?,20?,26?,27-,28-,29+/m0/s1. The summed E-state index contributed by atoms with van der Waals surface area (Å²) in [6.07, 6.45) is 5.73. The van der Waals surface area contributed by atoms with Crippen LogP contribution in [0.5, 0.6) is 0 Å². The molecule has 4 aliphatic carbocycles. The van der Waals surface area contributed by atoms with Crippen LogP contribution in [-0.2, 0) is 38.3 Å². The molecule has 1 heterocycles. The fourth-order valence-corrected chi connectivity index (χ4v) is 8.14. The Morgan fingerprint density at radius 2 is 1.70 bits per heavy atom. The SMILES string of the molecule is C[C@]12C=CC(=O)C=C1CCC1C2C(O)C[C@@]2(C)C1CC[C@@]2(O)C(=O)COC(=O)CCC(=O)ON1C(=O)CCC1=O. The number of hydrogen-bond acceptors (Lipinski definition) is 10. The molecule has 1 saturated heterocycles. The van der Waals surface area contributed by atoms with E-state index in [0.717, 1.165) is 12.0 Å². The molecule has 5 aliphatic rings. The van der Waals surface area contributed by atoms with Gasteiger partial charge in [-0.1, -0.05) is 25.5 Å². The monoisotopic (exact) mass is 557 g/mol. The van der Waals surface area contributed by atoms with E-state index in [1.807, 2.05) is 19.9 Å². The predicted octanol–water partition coefficient (Wildman–Crippen LogP) is 1.50. The summed E-state index contributed by atoms with van der Waals surface area (Å²) in [5.74, 6) is -3.94. The maximum absolute atomic E-state index is 13.3. The molecule has 0 radical (unpaired) electrons. The van der Waals surface area contributed by atoms with Crippen LogP contribution in [0.1, 0.15) is 71.6 Å². The van der Waals surface area contributed by atoms with Crippen LogP contribution in [0.15, 0.2) is 23.8 Å². The number of rotatable bonds is 7. The number of fused-ring (bicyclic) bond motifs is 5. The number of Topliss-reactive ketones (excluding diaryl/α,β-unsaturated/α-hetero) is 1. The number of hydrogen-bond donors (Lipinski definition) is 2. The van der Waals surface area contributed by atoms with Gasteiger partial charge in [0.1, 0.15) is 5.60 Å². The summed E-state index contributed by atoms with van der Waals surface area (Å²) in [5.41, 5.74) is -2.17. The van der Waals surface area contributed by atoms with Crippen LogP contribution >= 0.6 is 0 Å². The van der Waals surface area contributed by atoms with Crippen molar-refractivity contribution in [1.29, 1.82) is 0 Å². The van der Waals surface area contributed by atoms with E-state index in [9.17, 15) is 39.0 Å². The van der Waals surface area contributed by atoms with Crippen LogP contribution in [0.4, 0.5) is 0 Å². The highest BCUT2D eigenvalue weighted by Crippen LogP contribution is 2.67. The number of carbonyl (C=O) groups is 6. The lowest BCUT2D eigenvalue weighted by Crippen LogP contribution is -2.61. The maximum Gasteiger partial charge on any atom is 0.333 e. The Labute approximate surface area is 231 Å². The highest BCUT2D eigenvalue weighted by molar-refractivity contribution is 6.02. The molecular weight excluding hydrogens is 522 g/mol. The Hall–Kier alpha value is -3.18. The molecule has 4 unspecified atom stereocenters. The van der Waals surface area contributed by atoms with E-state index in [4.69, 9.17) is 9.57 Å². The summed E-state index contributed by atoms with van der Waals surface area (Å²) in [6, 6.07) is 0. The summed E-state index contributed by atoms with van der Waals surface area (Å²) < 4.78 is 5.08. The zero-order valence-corrected chi connectivity index (χ0v) is 22.7. The molecule has 0 bridgehead atoms. The first kappa shape index (κ1) is 28.4. The number of carbonyl (C=O) groups excluding carboxylic acids is 6. The van der Waals surface area contributed by atoms with Crippen molar-refractivity contribution >= 4 is 35.3 Å². The van der Waals surface area contributed by atoms with Gasteiger partial charge in [-0.15, -0.1) is 5.06 Å². The van der Waals surface area contributed by atoms with Gasteiger partial charge in [0.2, 0.25) is 5.78 Å². The average Bonchev–Trinajstić information content (AvgIpc) is 3.36. The minimum Gasteiger partial charge on any atom is -0.458 e. The molecule has 0 aromatic heterocycles. The molecule has 2 N–H and O–H groups in total. The second kappa shape index (κ2) is 10.0. The lowest BCUT2D eigenvalue weighted by atomic mass is 9.46. The third kappa shape index (κ3) is 4.43. The van der Waals surface area contributed by atoms with Crippen molar-refractivity contribution in [2.45, 2.75) is 83.3 Å². The zero-order valence-electron chi connectivity index (χ0n) is 22.7. The van der Waals surface area contributed by atoms with E-state index in [0.29, 0.717) is 17.9 Å². The lowest BCUT2D eigenvalue weighted by Gasteiger charge is -2.59. The van der Waals surface area contributed by atoms with Gasteiger partial charge in [-0.3, -0.25) is 24.0 Å². The Bertz CT molecular complexity index is 1220. The van der Waals surface area contributed by atoms with E-state index < -0.39 is 71.5 Å². The van der Waals surface area contributed by atoms with Gasteiger partial charge in [-0.25, -0.2) is 4.79 Å². The van der Waals surface area contributed by atoms with Crippen molar-refractivity contribution in [3.63, 3.8) is 0 Å².